The van der Waals surface area contributed by atoms with E-state index in [4.69, 9.17) is 5.84 Å². The molecule has 1 saturated heterocycles. The summed E-state index contributed by atoms with van der Waals surface area (Å²) in [6.07, 6.45) is 2.16. The maximum atomic E-state index is 5.51. The zero-order chi connectivity index (χ0) is 12.8. The molecule has 0 atom stereocenters. The molecular formula is C13H21N5. The first kappa shape index (κ1) is 12.9. The lowest BCUT2D eigenvalue weighted by molar-refractivity contribution is 0.257. The van der Waals surface area contributed by atoms with Gasteiger partial charge in [-0.1, -0.05) is 18.2 Å². The number of anilines is 1. The summed E-state index contributed by atoms with van der Waals surface area (Å²) in [6.45, 7) is 2.19. The molecule has 5 nitrogen and oxygen atoms in total. The first-order valence-corrected chi connectivity index (χ1v) is 6.33. The quantitative estimate of drug-likeness (QED) is 0.316. The number of nitrogens with one attached hydrogen (secondary N) is 2. The maximum Gasteiger partial charge on any atom is 0.210 e. The summed E-state index contributed by atoms with van der Waals surface area (Å²) in [7, 11) is 2.14. The van der Waals surface area contributed by atoms with E-state index in [2.05, 4.69) is 27.7 Å². The van der Waals surface area contributed by atoms with E-state index in [0.717, 1.165) is 31.6 Å². The third-order valence-corrected chi connectivity index (χ3v) is 3.17. The van der Waals surface area contributed by atoms with Gasteiger partial charge in [-0.2, -0.15) is 0 Å². The Balaban J connectivity index is 1.95. The minimum absolute atomic E-state index is 0.350. The van der Waals surface area contributed by atoms with E-state index < -0.39 is 0 Å². The van der Waals surface area contributed by atoms with Crippen molar-refractivity contribution in [3.8, 4) is 0 Å². The van der Waals surface area contributed by atoms with E-state index in [0.29, 0.717) is 12.0 Å². The van der Waals surface area contributed by atoms with E-state index in [1.807, 2.05) is 30.3 Å². The lowest BCUT2D eigenvalue weighted by Crippen LogP contribution is -2.39. The van der Waals surface area contributed by atoms with Gasteiger partial charge in [0.2, 0.25) is 5.96 Å². The molecule has 1 aliphatic rings. The van der Waals surface area contributed by atoms with Gasteiger partial charge in [0.25, 0.3) is 0 Å². The average molecular weight is 247 g/mol. The number of benzene rings is 1. The van der Waals surface area contributed by atoms with Gasteiger partial charge in [0, 0.05) is 5.69 Å². The second-order valence-electron chi connectivity index (χ2n) is 4.65. The van der Waals surface area contributed by atoms with Gasteiger partial charge >= 0.3 is 0 Å². The number of hydrogen-bond donors (Lipinski definition) is 3. The van der Waals surface area contributed by atoms with E-state index in [1.165, 1.54) is 0 Å². The van der Waals surface area contributed by atoms with Crippen molar-refractivity contribution in [3.63, 3.8) is 0 Å². The molecular weight excluding hydrogens is 226 g/mol. The number of aliphatic imine (C=N–C) groups is 1. The molecule has 98 valence electrons. The molecule has 0 saturated carbocycles. The number of hydrazine groups is 1. The fourth-order valence-electron chi connectivity index (χ4n) is 2.07. The molecule has 0 radical (unpaired) electrons. The molecule has 1 aromatic carbocycles. The highest BCUT2D eigenvalue weighted by Crippen LogP contribution is 2.12. The van der Waals surface area contributed by atoms with Crippen molar-refractivity contribution >= 4 is 11.6 Å². The van der Waals surface area contributed by atoms with Gasteiger partial charge in [-0.15, -0.1) is 0 Å². The van der Waals surface area contributed by atoms with Crippen LogP contribution in [0.2, 0.25) is 0 Å². The maximum absolute atomic E-state index is 5.51. The summed E-state index contributed by atoms with van der Waals surface area (Å²) in [5.74, 6) is 6.15. The molecule has 1 aromatic rings. The van der Waals surface area contributed by atoms with Crippen molar-refractivity contribution in [2.24, 2.45) is 10.8 Å². The second kappa shape index (κ2) is 6.37. The first-order valence-electron chi connectivity index (χ1n) is 6.33. The molecule has 0 spiro atoms. The van der Waals surface area contributed by atoms with Gasteiger partial charge in [0.15, 0.2) is 0 Å². The van der Waals surface area contributed by atoms with Gasteiger partial charge in [-0.25, -0.2) is 10.8 Å². The summed E-state index contributed by atoms with van der Waals surface area (Å²) in [4.78, 5) is 6.95. The Hall–Kier alpha value is -1.59. The molecule has 0 bridgehead atoms. The number of nitrogens with zero attached hydrogens (tertiary/aromatic N) is 2. The highest BCUT2D eigenvalue weighted by atomic mass is 15.3. The fourth-order valence-corrected chi connectivity index (χ4v) is 2.07. The molecule has 0 amide bonds. The number of hydrogen-bond acceptors (Lipinski definition) is 3. The van der Waals surface area contributed by atoms with Crippen LogP contribution < -0.4 is 16.6 Å². The largest absolute Gasteiger partial charge is 0.325 e. The third kappa shape index (κ3) is 3.72. The average Bonchev–Trinajstić information content (AvgIpc) is 2.41. The van der Waals surface area contributed by atoms with Gasteiger partial charge in [-0.05, 0) is 45.1 Å². The topological polar surface area (TPSA) is 65.7 Å². The van der Waals surface area contributed by atoms with Crippen molar-refractivity contribution in [1.29, 1.82) is 0 Å². The molecule has 2 rings (SSSR count). The predicted octanol–water partition coefficient (Wildman–Crippen LogP) is 1.01. The van der Waals surface area contributed by atoms with Crippen LogP contribution in [0.5, 0.6) is 0 Å². The van der Waals surface area contributed by atoms with Crippen molar-refractivity contribution < 1.29 is 0 Å². The predicted molar refractivity (Wildman–Crippen MR) is 75.3 cm³/mol. The number of rotatable bonds is 2. The molecule has 1 heterocycles. The zero-order valence-electron chi connectivity index (χ0n) is 10.8. The van der Waals surface area contributed by atoms with Crippen LogP contribution in [0.25, 0.3) is 0 Å². The Morgan fingerprint density at radius 2 is 1.94 bits per heavy atom. The van der Waals surface area contributed by atoms with Gasteiger partial charge in [0.1, 0.15) is 0 Å². The fraction of sp³-hybridized carbons (Fsp3) is 0.462. The highest BCUT2D eigenvalue weighted by Gasteiger charge is 2.16. The summed E-state index contributed by atoms with van der Waals surface area (Å²) >= 11 is 0. The molecule has 0 unspecified atom stereocenters. The van der Waals surface area contributed by atoms with E-state index >= 15 is 0 Å². The van der Waals surface area contributed by atoms with Crippen molar-refractivity contribution in [2.75, 3.05) is 25.5 Å². The van der Waals surface area contributed by atoms with Crippen LogP contribution in [0.4, 0.5) is 5.69 Å². The normalized spacial score (nSPS) is 18.7. The van der Waals surface area contributed by atoms with Crippen molar-refractivity contribution in [1.82, 2.24) is 10.3 Å². The standard InChI is InChI=1S/C13H21N5/c1-18-9-7-12(8-10-18)16-13(17-14)15-11-5-3-2-4-6-11/h2-6,12H,7-10,14H2,1H3,(H2,15,16,17). The van der Waals surface area contributed by atoms with Crippen LogP contribution in [-0.2, 0) is 0 Å². The minimum Gasteiger partial charge on any atom is -0.325 e. The minimum atomic E-state index is 0.350. The van der Waals surface area contributed by atoms with Crippen LogP contribution in [0.3, 0.4) is 0 Å². The van der Waals surface area contributed by atoms with E-state index in [-0.39, 0.29) is 0 Å². The molecule has 1 fully saturated rings. The van der Waals surface area contributed by atoms with Crippen LogP contribution in [0.1, 0.15) is 12.8 Å². The number of likely N-dealkylation sites (tertiary alicyclic amines) is 1. The Labute approximate surface area is 108 Å². The summed E-state index contributed by atoms with van der Waals surface area (Å²) in [6, 6.07) is 10.3. The lowest BCUT2D eigenvalue weighted by atomic mass is 10.1. The molecule has 1 aliphatic heterocycles. The number of nitrogens with two attached hydrogens (primary N) is 1. The Bertz CT molecular complexity index is 382. The Morgan fingerprint density at radius 1 is 1.28 bits per heavy atom. The summed E-state index contributed by atoms with van der Waals surface area (Å²) in [5, 5.41) is 3.19. The third-order valence-electron chi connectivity index (χ3n) is 3.17. The Kier molecular flexibility index (Phi) is 4.55. The summed E-state index contributed by atoms with van der Waals surface area (Å²) < 4.78 is 0. The van der Waals surface area contributed by atoms with Gasteiger partial charge in [0.05, 0.1) is 6.04 Å². The second-order valence-corrected chi connectivity index (χ2v) is 4.65. The lowest BCUT2D eigenvalue weighted by Gasteiger charge is -2.27. The summed E-state index contributed by atoms with van der Waals surface area (Å²) in [5.41, 5.74) is 3.62. The monoisotopic (exact) mass is 247 g/mol. The molecule has 18 heavy (non-hydrogen) atoms. The zero-order valence-corrected chi connectivity index (χ0v) is 10.8. The van der Waals surface area contributed by atoms with E-state index in [1.54, 1.807) is 0 Å². The van der Waals surface area contributed by atoms with Crippen LogP contribution in [-0.4, -0.2) is 37.0 Å². The van der Waals surface area contributed by atoms with Crippen molar-refractivity contribution in [2.45, 2.75) is 18.9 Å². The van der Waals surface area contributed by atoms with Crippen LogP contribution in [0.15, 0.2) is 35.3 Å². The molecule has 0 aliphatic carbocycles. The number of para-hydroxylation sites is 1. The molecule has 0 aromatic heterocycles. The number of piperidine rings is 1. The van der Waals surface area contributed by atoms with Crippen molar-refractivity contribution in [3.05, 3.63) is 30.3 Å². The number of guanidine groups is 1. The molecule has 4 N–H and O–H groups in total. The molecule has 5 heteroatoms. The van der Waals surface area contributed by atoms with E-state index in [9.17, 15) is 0 Å². The van der Waals surface area contributed by atoms with Crippen LogP contribution in [0, 0.1) is 0 Å². The smallest absolute Gasteiger partial charge is 0.210 e. The SMILES string of the molecule is CN1CCC(N=C(NN)Nc2ccccc2)CC1. The van der Waals surface area contributed by atoms with Gasteiger partial charge in [-0.3, -0.25) is 5.43 Å². The van der Waals surface area contributed by atoms with Gasteiger partial charge < -0.3 is 10.2 Å². The Morgan fingerprint density at radius 3 is 2.56 bits per heavy atom. The first-order chi connectivity index (χ1) is 8.78. The van der Waals surface area contributed by atoms with Crippen LogP contribution >= 0.6 is 0 Å². The highest BCUT2D eigenvalue weighted by molar-refractivity contribution is 5.93.